The molecule has 3 unspecified atom stereocenters. The second-order valence-corrected chi connectivity index (χ2v) is 9.12. The Morgan fingerprint density at radius 2 is 1.97 bits per heavy atom. The second kappa shape index (κ2) is 8.61. The standard InChI is InChI=1S/C23H24F3N5O4/c1-13-7-14(29-20-27-6-3-16(30-20)23(24,25)26)9-15(8-13)31-11-17(28-12-31)22(35)5-4-21(2,19(33)34)10-18(22)32/h3,6-9,11-12,18,32,35H,4-5,10H2,1-2H3,(H,33,34)(H,27,29,30). The van der Waals surface area contributed by atoms with Crippen LogP contribution >= 0.6 is 0 Å². The summed E-state index contributed by atoms with van der Waals surface area (Å²) in [4.78, 5) is 23.1. The third-order valence-corrected chi connectivity index (χ3v) is 6.36. The number of nitrogens with one attached hydrogen (secondary N) is 1. The molecule has 4 N–H and O–H groups in total. The lowest BCUT2D eigenvalue weighted by Crippen LogP contribution is -2.50. The zero-order chi connectivity index (χ0) is 25.6. The van der Waals surface area contributed by atoms with Crippen molar-refractivity contribution >= 4 is 17.6 Å². The van der Waals surface area contributed by atoms with Gasteiger partial charge in [-0.2, -0.15) is 13.2 Å². The summed E-state index contributed by atoms with van der Waals surface area (Å²) >= 11 is 0. The molecule has 0 bridgehead atoms. The molecule has 0 saturated heterocycles. The zero-order valence-electron chi connectivity index (χ0n) is 18.9. The molecule has 9 nitrogen and oxygen atoms in total. The summed E-state index contributed by atoms with van der Waals surface area (Å²) in [6.45, 7) is 3.33. The maximum Gasteiger partial charge on any atom is 0.433 e. The predicted molar refractivity (Wildman–Crippen MR) is 118 cm³/mol. The Hall–Kier alpha value is -3.51. The number of benzene rings is 1. The molecule has 3 aromatic rings. The minimum Gasteiger partial charge on any atom is -0.481 e. The number of alkyl halides is 3. The van der Waals surface area contributed by atoms with Crippen LogP contribution in [0.3, 0.4) is 0 Å². The first-order chi connectivity index (χ1) is 16.3. The van der Waals surface area contributed by atoms with Crippen LogP contribution in [0.25, 0.3) is 5.69 Å². The van der Waals surface area contributed by atoms with E-state index in [1.165, 1.54) is 19.4 Å². The van der Waals surface area contributed by atoms with Gasteiger partial charge in [0.05, 0.1) is 23.5 Å². The number of aromatic nitrogens is 4. The fourth-order valence-electron chi connectivity index (χ4n) is 4.20. The van der Waals surface area contributed by atoms with Gasteiger partial charge < -0.3 is 25.2 Å². The molecule has 0 radical (unpaired) electrons. The van der Waals surface area contributed by atoms with E-state index in [1.807, 2.05) is 0 Å². The first-order valence-corrected chi connectivity index (χ1v) is 10.8. The molecule has 0 amide bonds. The Labute approximate surface area is 198 Å². The molecule has 0 aliphatic heterocycles. The van der Waals surface area contributed by atoms with Gasteiger partial charge in [-0.3, -0.25) is 4.79 Å². The van der Waals surface area contributed by atoms with Gasteiger partial charge in [-0.15, -0.1) is 0 Å². The number of hydrogen-bond acceptors (Lipinski definition) is 7. The number of hydrogen-bond donors (Lipinski definition) is 4. The van der Waals surface area contributed by atoms with Gasteiger partial charge in [0.2, 0.25) is 5.95 Å². The SMILES string of the molecule is Cc1cc(Nc2nccc(C(F)(F)F)n2)cc(-n2cnc(C3(O)CCC(C)(C(=O)O)CC3O)c2)c1. The number of carboxylic acids is 1. The highest BCUT2D eigenvalue weighted by atomic mass is 19.4. The summed E-state index contributed by atoms with van der Waals surface area (Å²) in [6.07, 6.45) is -1.89. The molecule has 1 saturated carbocycles. The Bertz CT molecular complexity index is 1260. The first-order valence-electron chi connectivity index (χ1n) is 10.8. The smallest absolute Gasteiger partial charge is 0.433 e. The summed E-state index contributed by atoms with van der Waals surface area (Å²) in [5.74, 6) is -1.25. The lowest BCUT2D eigenvalue weighted by Gasteiger charge is -2.42. The van der Waals surface area contributed by atoms with Crippen LogP contribution in [0.1, 0.15) is 43.1 Å². The van der Waals surface area contributed by atoms with E-state index in [-0.39, 0.29) is 30.9 Å². The van der Waals surface area contributed by atoms with Crippen LogP contribution in [-0.4, -0.2) is 46.9 Å². The van der Waals surface area contributed by atoms with Crippen molar-refractivity contribution in [1.29, 1.82) is 0 Å². The number of aliphatic hydroxyl groups excluding tert-OH is 1. The topological polar surface area (TPSA) is 133 Å². The van der Waals surface area contributed by atoms with E-state index >= 15 is 0 Å². The Morgan fingerprint density at radius 1 is 1.23 bits per heavy atom. The molecule has 3 atom stereocenters. The zero-order valence-corrected chi connectivity index (χ0v) is 18.9. The minimum atomic E-state index is -4.60. The molecule has 12 heteroatoms. The average molecular weight is 491 g/mol. The molecule has 1 aliphatic rings. The fourth-order valence-corrected chi connectivity index (χ4v) is 4.20. The summed E-state index contributed by atoms with van der Waals surface area (Å²) in [7, 11) is 0. The molecule has 4 rings (SSSR count). The molecule has 0 spiro atoms. The van der Waals surface area contributed by atoms with Crippen LogP contribution in [0.15, 0.2) is 43.0 Å². The molecular formula is C23H24F3N5O4. The Kier molecular flexibility index (Phi) is 6.05. The number of carboxylic acid groups (broad SMARTS) is 1. The number of nitrogens with zero attached hydrogens (tertiary/aromatic N) is 4. The molecular weight excluding hydrogens is 467 g/mol. The molecule has 186 valence electrons. The van der Waals surface area contributed by atoms with Gasteiger partial charge in [0, 0.05) is 23.8 Å². The molecule has 2 heterocycles. The normalized spacial score (nSPS) is 24.8. The molecule has 1 fully saturated rings. The van der Waals surface area contributed by atoms with Gasteiger partial charge in [-0.25, -0.2) is 15.0 Å². The van der Waals surface area contributed by atoms with Gasteiger partial charge in [-0.1, -0.05) is 0 Å². The Morgan fingerprint density at radius 3 is 2.63 bits per heavy atom. The highest BCUT2D eigenvalue weighted by molar-refractivity contribution is 5.74. The van der Waals surface area contributed by atoms with Gasteiger partial charge in [0.1, 0.15) is 11.3 Å². The highest BCUT2D eigenvalue weighted by Gasteiger charge is 2.51. The van der Waals surface area contributed by atoms with E-state index in [0.29, 0.717) is 11.4 Å². The van der Waals surface area contributed by atoms with Crippen molar-refractivity contribution in [3.63, 3.8) is 0 Å². The largest absolute Gasteiger partial charge is 0.481 e. The lowest BCUT2D eigenvalue weighted by atomic mass is 9.67. The van der Waals surface area contributed by atoms with Gasteiger partial charge >= 0.3 is 12.1 Å². The molecule has 35 heavy (non-hydrogen) atoms. The number of aliphatic carboxylic acids is 1. The van der Waals surface area contributed by atoms with Crippen molar-refractivity contribution in [3.05, 3.63) is 59.9 Å². The van der Waals surface area contributed by atoms with E-state index in [2.05, 4.69) is 20.3 Å². The van der Waals surface area contributed by atoms with Crippen LogP contribution in [0.5, 0.6) is 0 Å². The lowest BCUT2D eigenvalue weighted by molar-refractivity contribution is -0.169. The van der Waals surface area contributed by atoms with E-state index in [1.54, 1.807) is 29.7 Å². The number of anilines is 2. The number of carbonyl (C=O) groups is 1. The summed E-state index contributed by atoms with van der Waals surface area (Å²) < 4.78 is 40.5. The number of imidazole rings is 1. The van der Waals surface area contributed by atoms with Crippen LogP contribution in [0.4, 0.5) is 24.8 Å². The summed E-state index contributed by atoms with van der Waals surface area (Å²) in [5, 5.41) is 34.0. The van der Waals surface area contributed by atoms with Crippen LogP contribution < -0.4 is 5.32 Å². The molecule has 1 aromatic carbocycles. The van der Waals surface area contributed by atoms with Crippen molar-refractivity contribution < 1.29 is 33.3 Å². The highest BCUT2D eigenvalue weighted by Crippen LogP contribution is 2.45. The van der Waals surface area contributed by atoms with Crippen molar-refractivity contribution in [3.8, 4) is 5.69 Å². The first kappa shape index (κ1) is 24.6. The van der Waals surface area contributed by atoms with Gasteiger partial charge in [0.25, 0.3) is 0 Å². The van der Waals surface area contributed by atoms with Crippen LogP contribution in [-0.2, 0) is 16.6 Å². The van der Waals surface area contributed by atoms with Crippen molar-refractivity contribution in [2.24, 2.45) is 5.41 Å². The second-order valence-electron chi connectivity index (χ2n) is 9.12. The third-order valence-electron chi connectivity index (χ3n) is 6.36. The molecule has 1 aliphatic carbocycles. The minimum absolute atomic E-state index is 0.0154. The van der Waals surface area contributed by atoms with Crippen LogP contribution in [0, 0.1) is 12.3 Å². The number of rotatable bonds is 5. The van der Waals surface area contributed by atoms with Gasteiger partial charge in [0.15, 0.2) is 0 Å². The maximum atomic E-state index is 13.0. The van der Waals surface area contributed by atoms with E-state index < -0.39 is 35.0 Å². The van der Waals surface area contributed by atoms with E-state index in [0.717, 1.165) is 17.8 Å². The molecule has 2 aromatic heterocycles. The van der Waals surface area contributed by atoms with Crippen molar-refractivity contribution in [2.45, 2.75) is 51.0 Å². The van der Waals surface area contributed by atoms with Crippen molar-refractivity contribution in [2.75, 3.05) is 5.32 Å². The number of halogens is 3. The number of aliphatic hydroxyl groups is 2. The van der Waals surface area contributed by atoms with E-state index in [9.17, 15) is 33.3 Å². The quantitative estimate of drug-likeness (QED) is 0.426. The van der Waals surface area contributed by atoms with Crippen LogP contribution in [0.2, 0.25) is 0 Å². The third kappa shape index (κ3) is 4.84. The van der Waals surface area contributed by atoms with E-state index in [4.69, 9.17) is 0 Å². The van der Waals surface area contributed by atoms with Crippen molar-refractivity contribution in [1.82, 2.24) is 19.5 Å². The monoisotopic (exact) mass is 491 g/mol. The maximum absolute atomic E-state index is 13.0. The Balaban J connectivity index is 1.59. The van der Waals surface area contributed by atoms with Gasteiger partial charge in [-0.05, 0) is 62.9 Å². The fraction of sp³-hybridized carbons (Fsp3) is 0.391. The number of aryl methyl sites for hydroxylation is 1. The predicted octanol–water partition coefficient (Wildman–Crippen LogP) is 3.56. The summed E-state index contributed by atoms with van der Waals surface area (Å²) in [5.41, 5.74) is -1.94. The summed E-state index contributed by atoms with van der Waals surface area (Å²) in [6, 6.07) is 5.93. The average Bonchev–Trinajstić information content (AvgIpc) is 3.27.